The van der Waals surface area contributed by atoms with Crippen LogP contribution in [0.2, 0.25) is 5.02 Å². The molecule has 2 atom stereocenters. The lowest BCUT2D eigenvalue weighted by Gasteiger charge is -2.31. The van der Waals surface area contributed by atoms with Gasteiger partial charge in [-0.05, 0) is 18.6 Å². The quantitative estimate of drug-likeness (QED) is 0.856. The van der Waals surface area contributed by atoms with Crippen LogP contribution < -0.4 is 5.32 Å². The lowest BCUT2D eigenvalue weighted by molar-refractivity contribution is -0.139. The van der Waals surface area contributed by atoms with Crippen LogP contribution in [0.5, 0.6) is 0 Å². The zero-order chi connectivity index (χ0) is 15.6. The molecule has 1 aromatic rings. The molecule has 112 valence electrons. The number of methoxy groups -OCH3 is 1. The Morgan fingerprint density at radius 2 is 2.00 bits per heavy atom. The lowest BCUT2D eigenvalue weighted by atomic mass is 9.95. The van der Waals surface area contributed by atoms with E-state index in [0.29, 0.717) is 10.6 Å². The van der Waals surface area contributed by atoms with Crippen LogP contribution in [0.1, 0.15) is 18.4 Å². The van der Waals surface area contributed by atoms with Gasteiger partial charge in [-0.3, -0.25) is 19.8 Å². The molecule has 1 heterocycles. The molecule has 1 N–H and O–H groups in total. The first kappa shape index (κ1) is 15.5. The van der Waals surface area contributed by atoms with Crippen molar-refractivity contribution >= 4 is 29.4 Å². The zero-order valence-corrected chi connectivity index (χ0v) is 12.4. The average molecular weight is 311 g/mol. The smallest absolute Gasteiger partial charge is 0.330 e. The van der Waals surface area contributed by atoms with Crippen LogP contribution in [0.25, 0.3) is 0 Å². The van der Waals surface area contributed by atoms with Gasteiger partial charge in [0.15, 0.2) is 0 Å². The maximum absolute atomic E-state index is 12.5. The van der Waals surface area contributed by atoms with Gasteiger partial charge in [0.25, 0.3) is 0 Å². The molecule has 1 aromatic carbocycles. The van der Waals surface area contributed by atoms with E-state index in [2.05, 4.69) is 5.32 Å². The number of rotatable bonds is 4. The summed E-state index contributed by atoms with van der Waals surface area (Å²) in [7, 11) is 1.48. The van der Waals surface area contributed by atoms with Gasteiger partial charge in [0, 0.05) is 12.1 Å². The summed E-state index contributed by atoms with van der Waals surface area (Å²) in [6.07, 6.45) is -0.334. The van der Waals surface area contributed by atoms with Gasteiger partial charge >= 0.3 is 6.03 Å². The third-order valence-electron chi connectivity index (χ3n) is 3.31. The van der Waals surface area contributed by atoms with Gasteiger partial charge in [-0.15, -0.1) is 0 Å². The minimum Gasteiger partial charge on any atom is -0.380 e. The molecule has 4 amide bonds. The van der Waals surface area contributed by atoms with Crippen LogP contribution in [-0.4, -0.2) is 42.5 Å². The van der Waals surface area contributed by atoms with Gasteiger partial charge in [-0.1, -0.05) is 29.8 Å². The van der Waals surface area contributed by atoms with Crippen molar-refractivity contribution in [1.82, 2.24) is 10.2 Å². The number of halogens is 1. The van der Waals surface area contributed by atoms with Crippen LogP contribution in [0.15, 0.2) is 24.3 Å². The predicted octanol–water partition coefficient (Wildman–Crippen LogP) is 1.54. The Kier molecular flexibility index (Phi) is 4.59. The molecule has 21 heavy (non-hydrogen) atoms. The summed E-state index contributed by atoms with van der Waals surface area (Å²) in [6.45, 7) is 1.79. The van der Waals surface area contributed by atoms with Crippen LogP contribution >= 0.6 is 11.6 Å². The highest BCUT2D eigenvalue weighted by atomic mass is 35.5. The molecule has 0 aliphatic carbocycles. The highest BCUT2D eigenvalue weighted by molar-refractivity contribution is 6.32. The van der Waals surface area contributed by atoms with Gasteiger partial charge in [0.05, 0.1) is 12.6 Å². The van der Waals surface area contributed by atoms with E-state index in [4.69, 9.17) is 16.3 Å². The van der Waals surface area contributed by atoms with Crippen molar-refractivity contribution < 1.29 is 19.1 Å². The number of carbonyl (C=O) groups excluding carboxylic acids is 3. The summed E-state index contributed by atoms with van der Waals surface area (Å²) < 4.78 is 5.06. The van der Waals surface area contributed by atoms with E-state index in [0.717, 1.165) is 4.90 Å². The molecule has 6 nitrogen and oxygen atoms in total. The van der Waals surface area contributed by atoms with Crippen molar-refractivity contribution in [1.29, 1.82) is 0 Å². The van der Waals surface area contributed by atoms with Crippen LogP contribution in [0.3, 0.4) is 0 Å². The van der Waals surface area contributed by atoms with Gasteiger partial charge in [-0.2, -0.15) is 0 Å². The topological polar surface area (TPSA) is 75.7 Å². The number of nitrogens with zero attached hydrogens (tertiary/aromatic N) is 1. The number of hydrogen-bond acceptors (Lipinski definition) is 4. The summed E-state index contributed by atoms with van der Waals surface area (Å²) in [6, 6.07) is 5.83. The highest BCUT2D eigenvalue weighted by Gasteiger charge is 2.42. The molecule has 2 rings (SSSR count). The third kappa shape index (κ3) is 3.06. The largest absolute Gasteiger partial charge is 0.380 e. The maximum Gasteiger partial charge on any atom is 0.330 e. The van der Waals surface area contributed by atoms with E-state index in [-0.39, 0.29) is 12.6 Å². The first-order valence-corrected chi connectivity index (χ1v) is 6.77. The highest BCUT2D eigenvalue weighted by Crippen LogP contribution is 2.28. The molecule has 0 saturated carbocycles. The monoisotopic (exact) mass is 310 g/mol. The second-order valence-corrected chi connectivity index (χ2v) is 5.15. The first-order valence-electron chi connectivity index (χ1n) is 6.39. The van der Waals surface area contributed by atoms with Crippen molar-refractivity contribution in [2.24, 2.45) is 0 Å². The molecular weight excluding hydrogens is 296 g/mol. The van der Waals surface area contributed by atoms with E-state index < -0.39 is 23.8 Å². The Morgan fingerprint density at radius 3 is 2.62 bits per heavy atom. The van der Waals surface area contributed by atoms with E-state index in [9.17, 15) is 14.4 Å². The number of amides is 4. The molecule has 1 aliphatic rings. The number of urea groups is 1. The second kappa shape index (κ2) is 6.24. The van der Waals surface area contributed by atoms with Gasteiger partial charge < -0.3 is 4.74 Å². The molecule has 0 bridgehead atoms. The average Bonchev–Trinajstić information content (AvgIpc) is 2.45. The Hall–Kier alpha value is -1.92. The summed E-state index contributed by atoms with van der Waals surface area (Å²) in [5, 5.41) is 2.48. The Balaban J connectivity index is 2.33. The summed E-state index contributed by atoms with van der Waals surface area (Å²) in [5.41, 5.74) is 0.379. The first-order chi connectivity index (χ1) is 9.95. The van der Waals surface area contributed by atoms with Crippen molar-refractivity contribution in [3.63, 3.8) is 0 Å². The Labute approximate surface area is 127 Å². The van der Waals surface area contributed by atoms with E-state index in [1.807, 2.05) is 0 Å². The number of hydrogen-bond donors (Lipinski definition) is 1. The van der Waals surface area contributed by atoms with Crippen molar-refractivity contribution in [2.45, 2.75) is 18.9 Å². The molecule has 1 fully saturated rings. The SMILES string of the molecule is COC(C)CN1C(=O)NC(=O)C(c2ccccc2Cl)C1=O. The number of carbonyl (C=O) groups is 3. The molecule has 0 spiro atoms. The zero-order valence-electron chi connectivity index (χ0n) is 11.6. The Bertz CT molecular complexity index is 590. The fourth-order valence-electron chi connectivity index (χ4n) is 2.10. The molecule has 0 radical (unpaired) electrons. The number of ether oxygens (including phenoxy) is 1. The fraction of sp³-hybridized carbons (Fsp3) is 0.357. The minimum atomic E-state index is -1.12. The van der Waals surface area contributed by atoms with E-state index in [1.54, 1.807) is 31.2 Å². The fourth-order valence-corrected chi connectivity index (χ4v) is 2.35. The van der Waals surface area contributed by atoms with Crippen molar-refractivity contribution in [3.05, 3.63) is 34.9 Å². The van der Waals surface area contributed by atoms with Gasteiger partial charge in [0.1, 0.15) is 5.92 Å². The summed E-state index contributed by atoms with van der Waals surface area (Å²) in [5.74, 6) is -2.39. The molecule has 0 aromatic heterocycles. The minimum absolute atomic E-state index is 0.0649. The normalized spacial score (nSPS) is 20.4. The summed E-state index contributed by atoms with van der Waals surface area (Å²) in [4.78, 5) is 37.3. The van der Waals surface area contributed by atoms with Crippen LogP contribution in [-0.2, 0) is 14.3 Å². The molecule has 2 unspecified atom stereocenters. The third-order valence-corrected chi connectivity index (χ3v) is 3.65. The number of benzene rings is 1. The van der Waals surface area contributed by atoms with Crippen LogP contribution in [0.4, 0.5) is 4.79 Å². The number of barbiturate groups is 1. The van der Waals surface area contributed by atoms with E-state index in [1.165, 1.54) is 7.11 Å². The van der Waals surface area contributed by atoms with Crippen LogP contribution in [0, 0.1) is 0 Å². The molecule has 7 heteroatoms. The molecule has 1 saturated heterocycles. The van der Waals surface area contributed by atoms with Gasteiger partial charge in [0.2, 0.25) is 11.8 Å². The standard InChI is InChI=1S/C14H15ClN2O4/c1-8(21-2)7-17-13(19)11(12(18)16-14(17)20)9-5-3-4-6-10(9)15/h3-6,8,11H,7H2,1-2H3,(H,16,18,20). The number of nitrogens with one attached hydrogen (secondary N) is 1. The second-order valence-electron chi connectivity index (χ2n) is 4.74. The van der Waals surface area contributed by atoms with Crippen molar-refractivity contribution in [3.8, 4) is 0 Å². The molecular formula is C14H15ClN2O4. The van der Waals surface area contributed by atoms with E-state index >= 15 is 0 Å². The number of imide groups is 2. The van der Waals surface area contributed by atoms with Crippen molar-refractivity contribution in [2.75, 3.05) is 13.7 Å². The Morgan fingerprint density at radius 1 is 1.33 bits per heavy atom. The molecule has 1 aliphatic heterocycles. The summed E-state index contributed by atoms with van der Waals surface area (Å²) >= 11 is 6.04. The predicted molar refractivity (Wildman–Crippen MR) is 75.9 cm³/mol. The maximum atomic E-state index is 12.5. The van der Waals surface area contributed by atoms with Gasteiger partial charge in [-0.25, -0.2) is 4.79 Å². The lowest BCUT2D eigenvalue weighted by Crippen LogP contribution is -2.58.